The van der Waals surface area contributed by atoms with E-state index < -0.39 is 21.9 Å². The van der Waals surface area contributed by atoms with Crippen LogP contribution in [0.4, 0.5) is 25.1 Å². The molecule has 2 rings (SSSR count). The Hall–Kier alpha value is -0.980. The number of fused-ring (bicyclic) bond motifs is 1. The van der Waals surface area contributed by atoms with Crippen molar-refractivity contribution in [3.05, 3.63) is 29.8 Å². The van der Waals surface area contributed by atoms with Crippen LogP contribution in [-0.4, -0.2) is 12.3 Å². The van der Waals surface area contributed by atoms with Gasteiger partial charge in [-0.05, 0) is 11.6 Å². The molecule has 0 radical (unpaired) electrons. The van der Waals surface area contributed by atoms with Crippen LogP contribution in [0, 0.1) is 0 Å². The van der Waals surface area contributed by atoms with Crippen molar-refractivity contribution < 1.29 is 19.4 Å². The lowest BCUT2D eigenvalue weighted by molar-refractivity contribution is 0.359. The monoisotopic (exact) mass is 259 g/mol. The van der Waals surface area contributed by atoms with Crippen molar-refractivity contribution in [2.75, 3.05) is 17.6 Å². The Kier molecular flexibility index (Phi) is 1.90. The quantitative estimate of drug-likeness (QED) is 0.771. The van der Waals surface area contributed by atoms with E-state index in [4.69, 9.17) is 0 Å². The molecular weight excluding hydrogens is 249 g/mol. The molecule has 0 fully saturated rings. The minimum absolute atomic E-state index is 0.0923. The molecule has 1 aromatic carbocycles. The number of anilines is 1. The van der Waals surface area contributed by atoms with E-state index in [-0.39, 0.29) is 6.54 Å². The zero-order valence-corrected chi connectivity index (χ0v) is 8.92. The Balaban J connectivity index is 2.29. The molecule has 7 heteroatoms. The summed E-state index contributed by atoms with van der Waals surface area (Å²) in [6.45, 7) is -0.0923. The van der Waals surface area contributed by atoms with Crippen LogP contribution in [0.25, 0.3) is 0 Å². The van der Waals surface area contributed by atoms with Gasteiger partial charge in [0.1, 0.15) is 0 Å². The first-order valence-corrected chi connectivity index (χ1v) is 6.72. The summed E-state index contributed by atoms with van der Waals surface area (Å²) in [5.74, 6) is -3.21. The van der Waals surface area contributed by atoms with Crippen molar-refractivity contribution in [1.29, 1.82) is 0 Å². The maximum atomic E-state index is 12.3. The van der Waals surface area contributed by atoms with Crippen molar-refractivity contribution in [3.8, 4) is 0 Å². The first-order valence-electron chi connectivity index (χ1n) is 4.60. The first kappa shape index (κ1) is 11.5. The Labute approximate surface area is 89.4 Å². The topological polar surface area (TPSA) is 12.0 Å². The molecule has 1 atom stereocenters. The minimum atomic E-state index is -9.33. The van der Waals surface area contributed by atoms with Gasteiger partial charge in [-0.25, -0.2) is 0 Å². The summed E-state index contributed by atoms with van der Waals surface area (Å²) in [7, 11) is -9.33. The number of halogens is 5. The summed E-state index contributed by atoms with van der Waals surface area (Å²) < 4.78 is 61.7. The molecule has 1 aromatic rings. The Morgan fingerprint density at radius 1 is 1.12 bits per heavy atom. The molecule has 0 amide bonds. The largest absolute Gasteiger partial charge is 0.384 e. The van der Waals surface area contributed by atoms with Gasteiger partial charge in [-0.1, -0.05) is 37.6 Å². The molecule has 92 valence electrons. The second-order valence-electron chi connectivity index (χ2n) is 3.96. The summed E-state index contributed by atoms with van der Waals surface area (Å²) in [5.41, 5.74) is 0.824. The number of para-hydroxylation sites is 1. The second kappa shape index (κ2) is 2.64. The molecule has 0 saturated heterocycles. The molecule has 0 saturated carbocycles. The molecule has 0 bridgehead atoms. The average molecular weight is 259 g/mol. The fourth-order valence-corrected chi connectivity index (χ4v) is 2.94. The van der Waals surface area contributed by atoms with Crippen molar-refractivity contribution in [1.82, 2.24) is 0 Å². The van der Waals surface area contributed by atoms with Crippen molar-refractivity contribution in [2.24, 2.45) is 0 Å². The Bertz CT molecular complexity index is 426. The first-order chi connectivity index (χ1) is 7.04. The van der Waals surface area contributed by atoms with Gasteiger partial charge in [-0.3, -0.25) is 0 Å². The van der Waals surface area contributed by atoms with Gasteiger partial charge in [-0.15, -0.1) is 0 Å². The fraction of sp³-hybridized carbons (Fsp3) is 0.333. The summed E-state index contributed by atoms with van der Waals surface area (Å²) in [5, 5.41) is 2.69. The van der Waals surface area contributed by atoms with Gasteiger partial charge in [0, 0.05) is 18.2 Å². The van der Waals surface area contributed by atoms with Crippen LogP contribution in [0.5, 0.6) is 0 Å². The maximum absolute atomic E-state index is 12.3. The molecule has 1 heterocycles. The van der Waals surface area contributed by atoms with Crippen LogP contribution < -0.4 is 5.32 Å². The lowest BCUT2D eigenvalue weighted by Gasteiger charge is -2.42. The highest BCUT2D eigenvalue weighted by Crippen LogP contribution is 2.98. The zero-order chi connectivity index (χ0) is 12.1. The number of nitrogens with one attached hydrogen (secondary N) is 1. The van der Waals surface area contributed by atoms with Gasteiger partial charge >= 0.3 is 0 Å². The highest BCUT2D eigenvalue weighted by molar-refractivity contribution is 8.45. The number of benzene rings is 1. The molecule has 1 aliphatic rings. The summed E-state index contributed by atoms with van der Waals surface area (Å²) in [6.07, 6.45) is 0. The van der Waals surface area contributed by atoms with Crippen molar-refractivity contribution in [2.45, 2.75) is 5.92 Å². The molecule has 1 unspecified atom stereocenters. The summed E-state index contributed by atoms with van der Waals surface area (Å²) in [4.78, 5) is 0. The highest BCUT2D eigenvalue weighted by atomic mass is 32.5. The van der Waals surface area contributed by atoms with E-state index in [1.807, 2.05) is 0 Å². The molecule has 1 nitrogen and oxygen atoms in total. The Morgan fingerprint density at radius 2 is 1.75 bits per heavy atom. The average Bonchev–Trinajstić information content (AvgIpc) is 2.44. The van der Waals surface area contributed by atoms with Gasteiger partial charge in [-0.2, -0.15) is 0 Å². The van der Waals surface area contributed by atoms with E-state index in [9.17, 15) is 19.4 Å². The number of hydrogen-bond donors (Lipinski definition) is 1. The maximum Gasteiger partial charge on any atom is 0.286 e. The lowest BCUT2D eigenvalue weighted by Crippen LogP contribution is -2.19. The van der Waals surface area contributed by atoms with Crippen LogP contribution >= 0.6 is 10.2 Å². The number of hydrogen-bond acceptors (Lipinski definition) is 1. The van der Waals surface area contributed by atoms with E-state index >= 15 is 0 Å². The molecule has 0 aliphatic carbocycles. The smallest absolute Gasteiger partial charge is 0.286 e. The minimum Gasteiger partial charge on any atom is -0.384 e. The van der Waals surface area contributed by atoms with Gasteiger partial charge < -0.3 is 5.32 Å². The van der Waals surface area contributed by atoms with Crippen molar-refractivity contribution >= 4 is 15.9 Å². The predicted molar refractivity (Wildman–Crippen MR) is 55.7 cm³/mol. The van der Waals surface area contributed by atoms with Gasteiger partial charge in [0.2, 0.25) is 0 Å². The molecule has 0 spiro atoms. The van der Waals surface area contributed by atoms with Crippen molar-refractivity contribution in [3.63, 3.8) is 0 Å². The predicted octanol–water partition coefficient (Wildman–Crippen LogP) is 4.49. The Morgan fingerprint density at radius 3 is 2.38 bits per heavy atom. The molecule has 0 aromatic heterocycles. The van der Waals surface area contributed by atoms with E-state index in [1.54, 1.807) is 18.2 Å². The molecule has 16 heavy (non-hydrogen) atoms. The molecule has 1 N–H and O–H groups in total. The van der Waals surface area contributed by atoms with Crippen LogP contribution in [0.3, 0.4) is 0 Å². The third-order valence-corrected chi connectivity index (χ3v) is 3.49. The van der Waals surface area contributed by atoms with Crippen LogP contribution in [0.2, 0.25) is 0 Å². The zero-order valence-electron chi connectivity index (χ0n) is 8.10. The van der Waals surface area contributed by atoms with E-state index in [1.165, 1.54) is 6.07 Å². The van der Waals surface area contributed by atoms with Crippen LogP contribution in [-0.2, 0) is 0 Å². The summed E-state index contributed by atoms with van der Waals surface area (Å²) >= 11 is 0. The SMILES string of the molecule is FS(F)(F)(F)(F)CC1CNc2ccccc21. The summed E-state index contributed by atoms with van der Waals surface area (Å²) in [6, 6.07) is 6.22. The molecular formula is C9H10F5NS. The third kappa shape index (κ3) is 2.78. The van der Waals surface area contributed by atoms with Crippen LogP contribution in [0.1, 0.15) is 11.5 Å². The lowest BCUT2D eigenvalue weighted by atomic mass is 10.0. The normalized spacial score (nSPS) is 24.2. The van der Waals surface area contributed by atoms with Gasteiger partial charge in [0.05, 0.1) is 5.75 Å². The van der Waals surface area contributed by atoms with E-state index in [0.717, 1.165) is 0 Å². The van der Waals surface area contributed by atoms with Gasteiger partial charge in [0.25, 0.3) is 10.2 Å². The highest BCUT2D eigenvalue weighted by Gasteiger charge is 2.64. The van der Waals surface area contributed by atoms with E-state index in [2.05, 4.69) is 5.32 Å². The standard InChI is InChI=1S/C9H10F5NS/c10-16(11,12,13,14)6-7-5-15-9-4-2-1-3-8(7)9/h1-4,7,15H,5-6H2. The fourth-order valence-electron chi connectivity index (χ4n) is 1.89. The van der Waals surface area contributed by atoms with Crippen LogP contribution in [0.15, 0.2) is 24.3 Å². The number of rotatable bonds is 2. The third-order valence-electron chi connectivity index (χ3n) is 2.46. The second-order valence-corrected chi connectivity index (χ2v) is 6.55. The van der Waals surface area contributed by atoms with E-state index in [0.29, 0.717) is 11.3 Å². The molecule has 1 aliphatic heterocycles. The van der Waals surface area contributed by atoms with Gasteiger partial charge in [0.15, 0.2) is 0 Å².